The molecule has 0 rings (SSSR count). The second-order valence-electron chi connectivity index (χ2n) is 3.21. The molecule has 0 aromatic carbocycles. The first kappa shape index (κ1) is 11.2. The first-order chi connectivity index (χ1) is 5.12. The first-order valence-corrected chi connectivity index (χ1v) is 4.56. The summed E-state index contributed by atoms with van der Waals surface area (Å²) in [7, 11) is -4.06. The molecule has 1 amide bonds. The van der Waals surface area contributed by atoms with Gasteiger partial charge in [0.2, 0.25) is 0 Å². The maximum atomic E-state index is 10.8. The van der Waals surface area contributed by atoms with E-state index >= 15 is 0 Å². The first-order valence-electron chi connectivity index (χ1n) is 3.15. The van der Waals surface area contributed by atoms with Crippen molar-refractivity contribution in [3.05, 3.63) is 0 Å². The standard InChI is InChI=1S/C5H12N2O4S/c1-5(2,3)7-12(9,10)11-4(6)8/h7H,1-3H3,(H2,6,8). The molecule has 0 bridgehead atoms. The number of nitrogens with two attached hydrogens (primary N) is 1. The Morgan fingerprint density at radius 3 is 2.08 bits per heavy atom. The van der Waals surface area contributed by atoms with Crippen LogP contribution in [0.3, 0.4) is 0 Å². The van der Waals surface area contributed by atoms with Gasteiger partial charge in [-0.15, -0.1) is 0 Å². The van der Waals surface area contributed by atoms with Gasteiger partial charge in [0.15, 0.2) is 0 Å². The molecule has 0 heterocycles. The monoisotopic (exact) mass is 196 g/mol. The Kier molecular flexibility index (Phi) is 3.05. The lowest BCUT2D eigenvalue weighted by Crippen LogP contribution is -2.42. The van der Waals surface area contributed by atoms with E-state index in [1.807, 2.05) is 0 Å². The van der Waals surface area contributed by atoms with Gasteiger partial charge in [0.1, 0.15) is 0 Å². The zero-order valence-corrected chi connectivity index (χ0v) is 7.94. The van der Waals surface area contributed by atoms with Crippen molar-refractivity contribution in [2.24, 2.45) is 5.73 Å². The van der Waals surface area contributed by atoms with Crippen molar-refractivity contribution in [3.8, 4) is 0 Å². The summed E-state index contributed by atoms with van der Waals surface area (Å²) >= 11 is 0. The molecule has 0 aliphatic heterocycles. The van der Waals surface area contributed by atoms with Crippen molar-refractivity contribution >= 4 is 16.4 Å². The second-order valence-corrected chi connectivity index (χ2v) is 4.49. The fourth-order valence-corrected chi connectivity index (χ4v) is 1.51. The van der Waals surface area contributed by atoms with Crippen molar-refractivity contribution in [2.45, 2.75) is 26.3 Å². The van der Waals surface area contributed by atoms with Gasteiger partial charge in [0, 0.05) is 5.54 Å². The molecule has 0 aliphatic rings. The third-order valence-corrected chi connectivity index (χ3v) is 1.87. The lowest BCUT2D eigenvalue weighted by molar-refractivity contribution is 0.211. The van der Waals surface area contributed by atoms with Crippen LogP contribution in [0.25, 0.3) is 0 Å². The number of hydrogen-bond donors (Lipinski definition) is 2. The Morgan fingerprint density at radius 2 is 1.83 bits per heavy atom. The van der Waals surface area contributed by atoms with Gasteiger partial charge < -0.3 is 9.92 Å². The molecule has 0 saturated carbocycles. The normalized spacial score (nSPS) is 12.6. The van der Waals surface area contributed by atoms with Gasteiger partial charge in [-0.2, -0.15) is 13.1 Å². The molecule has 0 aromatic heterocycles. The van der Waals surface area contributed by atoms with E-state index in [4.69, 9.17) is 0 Å². The number of rotatable bonds is 2. The Hall–Kier alpha value is -0.820. The zero-order valence-electron chi connectivity index (χ0n) is 7.12. The number of nitrogens with one attached hydrogen (secondary N) is 1. The van der Waals surface area contributed by atoms with Crippen LogP contribution in [0.1, 0.15) is 20.8 Å². The number of primary amides is 1. The van der Waals surface area contributed by atoms with E-state index in [0.717, 1.165) is 0 Å². The van der Waals surface area contributed by atoms with Crippen LogP contribution in [0.15, 0.2) is 0 Å². The highest BCUT2D eigenvalue weighted by atomic mass is 32.2. The van der Waals surface area contributed by atoms with Crippen molar-refractivity contribution in [3.63, 3.8) is 0 Å². The Bertz CT molecular complexity index is 264. The summed E-state index contributed by atoms with van der Waals surface area (Å²) in [4.78, 5) is 10.1. The van der Waals surface area contributed by atoms with Gasteiger partial charge in [0.05, 0.1) is 0 Å². The molecule has 0 fully saturated rings. The summed E-state index contributed by atoms with van der Waals surface area (Å²) in [6, 6.07) is 0. The van der Waals surface area contributed by atoms with Crippen LogP contribution in [0, 0.1) is 0 Å². The summed E-state index contributed by atoms with van der Waals surface area (Å²) in [5, 5.41) is 0. The van der Waals surface area contributed by atoms with E-state index in [9.17, 15) is 13.2 Å². The quantitative estimate of drug-likeness (QED) is 0.634. The van der Waals surface area contributed by atoms with E-state index in [2.05, 4.69) is 14.6 Å². The molecular weight excluding hydrogens is 184 g/mol. The molecular formula is C5H12N2O4S. The maximum absolute atomic E-state index is 10.8. The van der Waals surface area contributed by atoms with Crippen LogP contribution in [0.5, 0.6) is 0 Å². The minimum Gasteiger partial charge on any atom is -0.334 e. The summed E-state index contributed by atoms with van der Waals surface area (Å²) in [6.07, 6.45) is -1.35. The number of carbonyl (C=O) groups excluding carboxylic acids is 1. The smallest absolute Gasteiger partial charge is 0.334 e. The third-order valence-electron chi connectivity index (χ3n) is 0.623. The van der Waals surface area contributed by atoms with E-state index in [1.54, 1.807) is 20.8 Å². The lowest BCUT2D eigenvalue weighted by Gasteiger charge is -2.18. The van der Waals surface area contributed by atoms with Crippen LogP contribution in [0.4, 0.5) is 4.79 Å². The minimum absolute atomic E-state index is 0.700. The average Bonchev–Trinajstić information content (AvgIpc) is 1.48. The van der Waals surface area contributed by atoms with Gasteiger partial charge in [-0.25, -0.2) is 4.79 Å². The van der Waals surface area contributed by atoms with Crippen LogP contribution in [-0.4, -0.2) is 20.0 Å². The van der Waals surface area contributed by atoms with E-state index in [1.165, 1.54) is 0 Å². The molecule has 0 aromatic rings. The largest absolute Gasteiger partial charge is 0.421 e. The fourth-order valence-electron chi connectivity index (χ4n) is 0.504. The number of amides is 1. The summed E-state index contributed by atoms with van der Waals surface area (Å²) in [5.74, 6) is 0. The molecule has 0 radical (unpaired) electrons. The predicted molar refractivity (Wildman–Crippen MR) is 42.5 cm³/mol. The Balaban J connectivity index is 4.36. The lowest BCUT2D eigenvalue weighted by atomic mass is 10.1. The van der Waals surface area contributed by atoms with Crippen LogP contribution in [-0.2, 0) is 14.5 Å². The topological polar surface area (TPSA) is 98.5 Å². The van der Waals surface area contributed by atoms with Crippen LogP contribution < -0.4 is 10.5 Å². The summed E-state index contributed by atoms with van der Waals surface area (Å²) in [5.41, 5.74) is 3.82. The van der Waals surface area contributed by atoms with E-state index < -0.39 is 21.9 Å². The predicted octanol–water partition coefficient (Wildman–Crippen LogP) is -0.285. The van der Waals surface area contributed by atoms with Crippen molar-refractivity contribution in [1.29, 1.82) is 0 Å². The van der Waals surface area contributed by atoms with Gasteiger partial charge >= 0.3 is 16.4 Å². The number of carbonyl (C=O) groups is 1. The van der Waals surface area contributed by atoms with Crippen molar-refractivity contribution in [1.82, 2.24) is 4.72 Å². The highest BCUT2D eigenvalue weighted by Crippen LogP contribution is 2.02. The molecule has 0 saturated heterocycles. The van der Waals surface area contributed by atoms with Crippen molar-refractivity contribution < 1.29 is 17.4 Å². The number of hydrogen-bond acceptors (Lipinski definition) is 4. The molecule has 72 valence electrons. The van der Waals surface area contributed by atoms with Crippen LogP contribution in [0.2, 0.25) is 0 Å². The molecule has 6 nitrogen and oxygen atoms in total. The summed E-state index contributed by atoms with van der Waals surface area (Å²) < 4.78 is 27.5. The van der Waals surface area contributed by atoms with Gasteiger partial charge in [-0.1, -0.05) is 0 Å². The second kappa shape index (κ2) is 3.28. The van der Waals surface area contributed by atoms with E-state index in [0.29, 0.717) is 0 Å². The van der Waals surface area contributed by atoms with Gasteiger partial charge in [0.25, 0.3) is 0 Å². The average molecular weight is 196 g/mol. The van der Waals surface area contributed by atoms with Crippen LogP contribution >= 0.6 is 0 Å². The molecule has 0 atom stereocenters. The SMILES string of the molecule is CC(C)(C)NS(=O)(=O)OC(N)=O. The molecule has 12 heavy (non-hydrogen) atoms. The molecule has 0 aliphatic carbocycles. The Labute approximate surface area is 71.3 Å². The third kappa shape index (κ3) is 5.93. The Morgan fingerprint density at radius 1 is 1.42 bits per heavy atom. The van der Waals surface area contributed by atoms with E-state index in [-0.39, 0.29) is 0 Å². The maximum Gasteiger partial charge on any atom is 0.421 e. The van der Waals surface area contributed by atoms with Gasteiger partial charge in [-0.3, -0.25) is 0 Å². The fraction of sp³-hybridized carbons (Fsp3) is 0.800. The zero-order chi connectivity index (χ0) is 9.99. The van der Waals surface area contributed by atoms with Crippen molar-refractivity contribution in [2.75, 3.05) is 0 Å². The summed E-state index contributed by atoms with van der Waals surface area (Å²) in [6.45, 7) is 4.82. The molecule has 3 N–H and O–H groups in total. The highest BCUT2D eigenvalue weighted by Gasteiger charge is 2.22. The van der Waals surface area contributed by atoms with Gasteiger partial charge in [-0.05, 0) is 20.8 Å². The molecule has 0 spiro atoms. The molecule has 7 heteroatoms. The molecule has 0 unspecified atom stereocenters. The highest BCUT2D eigenvalue weighted by molar-refractivity contribution is 7.85. The minimum atomic E-state index is -4.06.